The van der Waals surface area contributed by atoms with Crippen LogP contribution in [0.15, 0.2) is 18.2 Å². The van der Waals surface area contributed by atoms with Gasteiger partial charge in [0, 0.05) is 45.4 Å². The van der Waals surface area contributed by atoms with Crippen molar-refractivity contribution in [1.82, 2.24) is 9.80 Å². The van der Waals surface area contributed by atoms with Gasteiger partial charge < -0.3 is 29.7 Å². The molecule has 2 amide bonds. The number of nitrogens with two attached hydrogens (primary N) is 1. The molecule has 3 rings (SSSR count). The Kier molecular flexibility index (Phi) is 5.46. The van der Waals surface area contributed by atoms with Crippen molar-refractivity contribution in [2.75, 3.05) is 40.9 Å². The third kappa shape index (κ3) is 3.95. The van der Waals surface area contributed by atoms with Crippen molar-refractivity contribution in [3.63, 3.8) is 0 Å². The van der Waals surface area contributed by atoms with Crippen molar-refractivity contribution in [2.24, 2.45) is 5.73 Å². The minimum atomic E-state index is -0.450. The van der Waals surface area contributed by atoms with Gasteiger partial charge in [0.15, 0.2) is 11.5 Å². The van der Waals surface area contributed by atoms with Gasteiger partial charge in [-0.3, -0.25) is 4.79 Å². The van der Waals surface area contributed by atoms with Crippen LogP contribution in [0.5, 0.6) is 11.5 Å². The number of likely N-dealkylation sites (tertiary alicyclic amines) is 1. The molecule has 1 atom stereocenters. The maximum absolute atomic E-state index is 12.7. The van der Waals surface area contributed by atoms with Crippen LogP contribution in [0.2, 0.25) is 0 Å². The first kappa shape index (κ1) is 19.3. The molecule has 8 heteroatoms. The normalized spacial score (nSPS) is 19.8. The lowest BCUT2D eigenvalue weighted by Crippen LogP contribution is -2.49. The van der Waals surface area contributed by atoms with Crippen molar-refractivity contribution >= 4 is 12.0 Å². The lowest BCUT2D eigenvalue weighted by atomic mass is 9.91. The molecule has 0 aromatic heterocycles. The number of methoxy groups -OCH3 is 2. The number of nitrogens with zero attached hydrogens (tertiary/aromatic N) is 2. The Morgan fingerprint density at radius 3 is 2.48 bits per heavy atom. The molecule has 0 unspecified atom stereocenters. The molecule has 2 fully saturated rings. The van der Waals surface area contributed by atoms with E-state index in [4.69, 9.17) is 19.9 Å². The Morgan fingerprint density at radius 2 is 1.93 bits per heavy atom. The first-order chi connectivity index (χ1) is 12.9. The van der Waals surface area contributed by atoms with Gasteiger partial charge in [-0.1, -0.05) is 6.07 Å². The van der Waals surface area contributed by atoms with Crippen molar-refractivity contribution in [3.8, 4) is 11.5 Å². The fourth-order valence-electron chi connectivity index (χ4n) is 3.73. The van der Waals surface area contributed by atoms with Gasteiger partial charge in [-0.25, -0.2) is 4.79 Å². The number of rotatable bonds is 5. The average molecular weight is 377 g/mol. The first-order valence-electron chi connectivity index (χ1n) is 9.07. The zero-order valence-electron chi connectivity index (χ0n) is 16.1. The number of carbonyl (C=O) groups excluding carboxylic acids is 2. The molecule has 2 aliphatic rings. The quantitative estimate of drug-likeness (QED) is 0.836. The predicted molar refractivity (Wildman–Crippen MR) is 98.7 cm³/mol. The minimum absolute atomic E-state index is 0.00446. The van der Waals surface area contributed by atoms with Crippen LogP contribution in [-0.2, 0) is 9.53 Å². The molecule has 0 bridgehead atoms. The van der Waals surface area contributed by atoms with Crippen LogP contribution in [0.25, 0.3) is 0 Å². The largest absolute Gasteiger partial charge is 0.493 e. The molecule has 27 heavy (non-hydrogen) atoms. The summed E-state index contributed by atoms with van der Waals surface area (Å²) in [4.78, 5) is 27.7. The molecule has 2 saturated heterocycles. The predicted octanol–water partition coefficient (Wildman–Crippen LogP) is 1.54. The van der Waals surface area contributed by atoms with E-state index in [1.807, 2.05) is 6.07 Å². The average Bonchev–Trinajstić information content (AvgIpc) is 2.94. The number of hydrogen-bond donors (Lipinski definition) is 1. The van der Waals surface area contributed by atoms with Gasteiger partial charge >= 0.3 is 6.09 Å². The van der Waals surface area contributed by atoms with Crippen LogP contribution < -0.4 is 15.2 Å². The number of carbonyl (C=O) groups is 2. The van der Waals surface area contributed by atoms with E-state index in [0.29, 0.717) is 44.0 Å². The topological polar surface area (TPSA) is 94.3 Å². The number of hydrogen-bond acceptors (Lipinski definition) is 6. The Labute approximate surface area is 159 Å². The Hall–Kier alpha value is -2.48. The van der Waals surface area contributed by atoms with Gasteiger partial charge in [-0.05, 0) is 17.7 Å². The number of likely N-dealkylation sites (N-methyl/N-ethyl adjacent to an activating group) is 1. The molecule has 0 aliphatic carbocycles. The second kappa shape index (κ2) is 7.64. The summed E-state index contributed by atoms with van der Waals surface area (Å²) >= 11 is 0. The Morgan fingerprint density at radius 1 is 1.26 bits per heavy atom. The van der Waals surface area contributed by atoms with Crippen molar-refractivity contribution < 1.29 is 23.8 Å². The molecule has 2 N–H and O–H groups in total. The lowest BCUT2D eigenvalue weighted by molar-refractivity contribution is -0.135. The summed E-state index contributed by atoms with van der Waals surface area (Å²) in [7, 11) is 4.87. The number of ether oxygens (including phenoxy) is 3. The molecule has 1 aromatic rings. The first-order valence-corrected chi connectivity index (χ1v) is 9.07. The van der Waals surface area contributed by atoms with Crippen molar-refractivity contribution in [3.05, 3.63) is 23.8 Å². The number of benzene rings is 1. The van der Waals surface area contributed by atoms with E-state index in [-0.39, 0.29) is 18.4 Å². The van der Waals surface area contributed by atoms with E-state index in [1.54, 1.807) is 43.2 Å². The minimum Gasteiger partial charge on any atom is -0.493 e. The fraction of sp³-hybridized carbons (Fsp3) is 0.579. The van der Waals surface area contributed by atoms with Crippen LogP contribution in [0, 0.1) is 0 Å². The molecule has 1 aromatic carbocycles. The third-order valence-electron chi connectivity index (χ3n) is 5.40. The zero-order chi connectivity index (χ0) is 19.6. The van der Waals surface area contributed by atoms with Crippen LogP contribution in [0.4, 0.5) is 4.79 Å². The van der Waals surface area contributed by atoms with E-state index >= 15 is 0 Å². The van der Waals surface area contributed by atoms with E-state index in [9.17, 15) is 9.59 Å². The van der Waals surface area contributed by atoms with Crippen LogP contribution in [0.1, 0.15) is 30.9 Å². The summed E-state index contributed by atoms with van der Waals surface area (Å²) in [6, 6.07) is 5.01. The fourth-order valence-corrected chi connectivity index (χ4v) is 3.73. The zero-order valence-corrected chi connectivity index (χ0v) is 16.1. The monoisotopic (exact) mass is 377 g/mol. The summed E-state index contributed by atoms with van der Waals surface area (Å²) in [5, 5.41) is 0. The SMILES string of the molecule is COc1ccc([C@@H](N)CC(=O)N2CCC3(CC2)CN(C)C(=O)O3)cc1OC. The number of piperidine rings is 1. The molecule has 8 nitrogen and oxygen atoms in total. The van der Waals surface area contributed by atoms with Gasteiger partial charge in [-0.15, -0.1) is 0 Å². The third-order valence-corrected chi connectivity index (χ3v) is 5.40. The lowest BCUT2D eigenvalue weighted by Gasteiger charge is -2.37. The highest BCUT2D eigenvalue weighted by atomic mass is 16.6. The highest BCUT2D eigenvalue weighted by Crippen LogP contribution is 2.34. The molecular formula is C19H27N3O5. The summed E-state index contributed by atoms with van der Waals surface area (Å²) in [6.45, 7) is 1.72. The maximum atomic E-state index is 12.7. The number of amides is 2. The van der Waals surface area contributed by atoms with Gasteiger partial charge in [0.2, 0.25) is 5.91 Å². The van der Waals surface area contributed by atoms with Gasteiger partial charge in [0.05, 0.1) is 20.8 Å². The van der Waals surface area contributed by atoms with Gasteiger partial charge in [-0.2, -0.15) is 0 Å². The second-order valence-electron chi connectivity index (χ2n) is 7.21. The standard InChI is InChI=1S/C19H27N3O5/c1-21-12-19(27-18(21)24)6-8-22(9-7-19)17(23)11-14(20)13-4-5-15(25-2)16(10-13)26-3/h4-5,10,14H,6-9,11-12,20H2,1-3H3/t14-/m0/s1. The molecule has 2 aliphatic heterocycles. The van der Waals surface area contributed by atoms with Crippen molar-refractivity contribution in [2.45, 2.75) is 30.9 Å². The highest BCUT2D eigenvalue weighted by Gasteiger charge is 2.46. The molecule has 2 heterocycles. The maximum Gasteiger partial charge on any atom is 0.410 e. The van der Waals surface area contributed by atoms with Crippen molar-refractivity contribution in [1.29, 1.82) is 0 Å². The van der Waals surface area contributed by atoms with E-state index < -0.39 is 11.6 Å². The van der Waals surface area contributed by atoms with Crippen LogP contribution >= 0.6 is 0 Å². The Balaban J connectivity index is 1.57. The highest BCUT2D eigenvalue weighted by molar-refractivity contribution is 5.77. The second-order valence-corrected chi connectivity index (χ2v) is 7.21. The summed E-state index contributed by atoms with van der Waals surface area (Å²) < 4.78 is 16.1. The Bertz CT molecular complexity index is 715. The van der Waals surface area contributed by atoms with Crippen LogP contribution in [-0.4, -0.2) is 68.3 Å². The van der Waals surface area contributed by atoms with Gasteiger partial charge in [0.1, 0.15) is 5.60 Å². The summed E-state index contributed by atoms with van der Waals surface area (Å²) in [6.07, 6.45) is 1.23. The molecular weight excluding hydrogens is 350 g/mol. The molecule has 148 valence electrons. The van der Waals surface area contributed by atoms with E-state index in [1.165, 1.54) is 0 Å². The van der Waals surface area contributed by atoms with E-state index in [0.717, 1.165) is 5.56 Å². The van der Waals surface area contributed by atoms with E-state index in [2.05, 4.69) is 0 Å². The summed E-state index contributed by atoms with van der Waals surface area (Å²) in [5.41, 5.74) is 6.62. The van der Waals surface area contributed by atoms with Gasteiger partial charge in [0.25, 0.3) is 0 Å². The molecule has 0 saturated carbocycles. The smallest absolute Gasteiger partial charge is 0.410 e. The molecule has 0 radical (unpaired) electrons. The van der Waals surface area contributed by atoms with Crippen LogP contribution in [0.3, 0.4) is 0 Å². The summed E-state index contributed by atoms with van der Waals surface area (Å²) in [5.74, 6) is 1.21. The molecule has 1 spiro atoms.